The number of primary amides is 1. The molecule has 0 heterocycles. The van der Waals surface area contributed by atoms with Crippen molar-refractivity contribution in [2.24, 2.45) is 11.7 Å². The van der Waals surface area contributed by atoms with Crippen LogP contribution in [0.25, 0.3) is 0 Å². The average Bonchev–Trinajstić information content (AvgIpc) is 2.30. The van der Waals surface area contributed by atoms with Gasteiger partial charge in [-0.1, -0.05) is 20.8 Å². The van der Waals surface area contributed by atoms with Crippen LogP contribution in [0, 0.1) is 5.92 Å². The summed E-state index contributed by atoms with van der Waals surface area (Å²) in [6, 6.07) is 0. The summed E-state index contributed by atoms with van der Waals surface area (Å²) in [6.45, 7) is 10.8. The zero-order valence-electron chi connectivity index (χ0n) is 12.1. The van der Waals surface area contributed by atoms with Crippen molar-refractivity contribution >= 4 is 5.91 Å². The van der Waals surface area contributed by atoms with Crippen LogP contribution in [-0.2, 0) is 14.3 Å². The Morgan fingerprint density at radius 2 is 1.94 bits per heavy atom. The Labute approximate surface area is 110 Å². The van der Waals surface area contributed by atoms with Gasteiger partial charge in [0.05, 0.1) is 19.8 Å². The van der Waals surface area contributed by atoms with Crippen LogP contribution >= 0.6 is 0 Å². The second kappa shape index (κ2) is 9.30. The molecule has 0 aliphatic heterocycles. The maximum atomic E-state index is 11.4. The van der Waals surface area contributed by atoms with Crippen LogP contribution in [0.4, 0.5) is 0 Å². The first kappa shape index (κ1) is 17.4. The molecule has 18 heavy (non-hydrogen) atoms. The Kier molecular flexibility index (Phi) is 8.97. The zero-order chi connectivity index (χ0) is 14.0. The maximum absolute atomic E-state index is 11.4. The van der Waals surface area contributed by atoms with E-state index in [0.717, 1.165) is 19.6 Å². The van der Waals surface area contributed by atoms with E-state index in [1.54, 1.807) is 6.92 Å². The smallest absolute Gasteiger partial charge is 0.239 e. The summed E-state index contributed by atoms with van der Waals surface area (Å²) in [5.41, 5.74) is 4.58. The molecule has 0 saturated heterocycles. The Hall–Kier alpha value is -0.650. The predicted octanol–water partition coefficient (Wildman–Crippen LogP) is 0.919. The highest BCUT2D eigenvalue weighted by molar-refractivity contribution is 5.84. The minimum absolute atomic E-state index is 0.271. The van der Waals surface area contributed by atoms with E-state index in [0.29, 0.717) is 19.1 Å². The van der Waals surface area contributed by atoms with E-state index in [4.69, 9.17) is 15.2 Å². The molecule has 0 aromatic rings. The van der Waals surface area contributed by atoms with Crippen LogP contribution < -0.4 is 11.1 Å². The SMILES string of the molecule is CCCNC(C)(COCCOCC(C)C)C(N)=O. The number of carbonyl (C=O) groups is 1. The first-order valence-corrected chi connectivity index (χ1v) is 6.62. The molecular weight excluding hydrogens is 232 g/mol. The first-order chi connectivity index (χ1) is 8.42. The Morgan fingerprint density at radius 1 is 1.33 bits per heavy atom. The van der Waals surface area contributed by atoms with Gasteiger partial charge in [0.25, 0.3) is 0 Å². The number of carbonyl (C=O) groups excluding carboxylic acids is 1. The molecule has 0 saturated carbocycles. The normalized spacial score (nSPS) is 14.7. The van der Waals surface area contributed by atoms with Crippen molar-refractivity contribution in [1.29, 1.82) is 0 Å². The van der Waals surface area contributed by atoms with E-state index >= 15 is 0 Å². The monoisotopic (exact) mass is 260 g/mol. The summed E-state index contributed by atoms with van der Waals surface area (Å²) >= 11 is 0. The standard InChI is InChI=1S/C13H28N2O3/c1-5-6-15-13(4,12(14)16)10-18-8-7-17-9-11(2)3/h11,15H,5-10H2,1-4H3,(H2,14,16). The van der Waals surface area contributed by atoms with E-state index in [2.05, 4.69) is 19.2 Å². The molecule has 0 fully saturated rings. The highest BCUT2D eigenvalue weighted by Crippen LogP contribution is 2.04. The fourth-order valence-corrected chi connectivity index (χ4v) is 1.32. The van der Waals surface area contributed by atoms with Gasteiger partial charge in [0, 0.05) is 6.61 Å². The number of rotatable bonds is 11. The molecule has 0 radical (unpaired) electrons. The molecule has 1 amide bonds. The van der Waals surface area contributed by atoms with Crippen molar-refractivity contribution < 1.29 is 14.3 Å². The van der Waals surface area contributed by atoms with E-state index in [-0.39, 0.29) is 12.5 Å². The van der Waals surface area contributed by atoms with Crippen LogP contribution in [-0.4, -0.2) is 44.4 Å². The van der Waals surface area contributed by atoms with Gasteiger partial charge in [-0.3, -0.25) is 4.79 Å². The molecule has 0 aliphatic rings. The Bertz CT molecular complexity index is 234. The van der Waals surface area contributed by atoms with Gasteiger partial charge in [0.15, 0.2) is 0 Å². The van der Waals surface area contributed by atoms with E-state index in [9.17, 15) is 4.79 Å². The number of nitrogens with two attached hydrogens (primary N) is 1. The third kappa shape index (κ3) is 7.63. The van der Waals surface area contributed by atoms with E-state index in [1.807, 2.05) is 6.92 Å². The van der Waals surface area contributed by atoms with Crippen molar-refractivity contribution in [2.75, 3.05) is 33.0 Å². The highest BCUT2D eigenvalue weighted by atomic mass is 16.5. The minimum atomic E-state index is -0.798. The second-order valence-electron chi connectivity index (χ2n) is 5.14. The molecule has 0 aromatic carbocycles. The lowest BCUT2D eigenvalue weighted by molar-refractivity contribution is -0.126. The van der Waals surface area contributed by atoms with Gasteiger partial charge in [-0.2, -0.15) is 0 Å². The molecule has 0 rings (SSSR count). The molecule has 3 N–H and O–H groups in total. The molecule has 5 heteroatoms. The summed E-state index contributed by atoms with van der Waals surface area (Å²) in [5, 5.41) is 3.11. The van der Waals surface area contributed by atoms with Crippen LogP contribution in [0.2, 0.25) is 0 Å². The lowest BCUT2D eigenvalue weighted by atomic mass is 10.0. The van der Waals surface area contributed by atoms with Crippen LogP contribution in [0.1, 0.15) is 34.1 Å². The van der Waals surface area contributed by atoms with Crippen molar-refractivity contribution in [2.45, 2.75) is 39.7 Å². The maximum Gasteiger partial charge on any atom is 0.239 e. The molecule has 1 unspecified atom stereocenters. The zero-order valence-corrected chi connectivity index (χ0v) is 12.1. The molecule has 0 aromatic heterocycles. The summed E-state index contributed by atoms with van der Waals surface area (Å²) < 4.78 is 10.8. The van der Waals surface area contributed by atoms with Crippen molar-refractivity contribution in [3.05, 3.63) is 0 Å². The fraction of sp³-hybridized carbons (Fsp3) is 0.923. The topological polar surface area (TPSA) is 73.6 Å². The van der Waals surface area contributed by atoms with Crippen molar-refractivity contribution in [1.82, 2.24) is 5.32 Å². The molecule has 108 valence electrons. The van der Waals surface area contributed by atoms with Gasteiger partial charge in [-0.25, -0.2) is 0 Å². The molecule has 1 atom stereocenters. The number of nitrogens with one attached hydrogen (secondary N) is 1. The fourth-order valence-electron chi connectivity index (χ4n) is 1.32. The summed E-state index contributed by atoms with van der Waals surface area (Å²) in [6.07, 6.45) is 0.945. The van der Waals surface area contributed by atoms with Gasteiger partial charge in [-0.05, 0) is 25.8 Å². The molecule has 0 aliphatic carbocycles. The average molecular weight is 260 g/mol. The van der Waals surface area contributed by atoms with Gasteiger partial charge in [0.2, 0.25) is 5.91 Å². The predicted molar refractivity (Wildman–Crippen MR) is 72.4 cm³/mol. The lowest BCUT2D eigenvalue weighted by Crippen LogP contribution is -2.56. The largest absolute Gasteiger partial charge is 0.379 e. The first-order valence-electron chi connectivity index (χ1n) is 6.62. The van der Waals surface area contributed by atoms with Crippen molar-refractivity contribution in [3.63, 3.8) is 0 Å². The molecule has 0 spiro atoms. The van der Waals surface area contributed by atoms with E-state index < -0.39 is 5.54 Å². The quantitative estimate of drug-likeness (QED) is 0.542. The number of hydrogen-bond acceptors (Lipinski definition) is 4. The summed E-state index contributed by atoms with van der Waals surface area (Å²) in [5.74, 6) is 0.131. The van der Waals surface area contributed by atoms with Gasteiger partial charge in [-0.15, -0.1) is 0 Å². The Balaban J connectivity index is 3.80. The van der Waals surface area contributed by atoms with Crippen LogP contribution in [0.5, 0.6) is 0 Å². The second-order valence-corrected chi connectivity index (χ2v) is 5.14. The van der Waals surface area contributed by atoms with Gasteiger partial charge < -0.3 is 20.5 Å². The molecule has 5 nitrogen and oxygen atoms in total. The number of hydrogen-bond donors (Lipinski definition) is 2. The number of amides is 1. The Morgan fingerprint density at radius 3 is 2.44 bits per heavy atom. The van der Waals surface area contributed by atoms with Crippen LogP contribution in [0.15, 0.2) is 0 Å². The molecule has 0 bridgehead atoms. The highest BCUT2D eigenvalue weighted by Gasteiger charge is 2.30. The third-order valence-electron chi connectivity index (χ3n) is 2.52. The number of ether oxygens (including phenoxy) is 2. The summed E-state index contributed by atoms with van der Waals surface area (Å²) in [7, 11) is 0. The van der Waals surface area contributed by atoms with Gasteiger partial charge in [0.1, 0.15) is 5.54 Å². The summed E-state index contributed by atoms with van der Waals surface area (Å²) in [4.78, 5) is 11.4. The van der Waals surface area contributed by atoms with Crippen molar-refractivity contribution in [3.8, 4) is 0 Å². The lowest BCUT2D eigenvalue weighted by Gasteiger charge is -2.27. The van der Waals surface area contributed by atoms with E-state index in [1.165, 1.54) is 0 Å². The van der Waals surface area contributed by atoms with Gasteiger partial charge >= 0.3 is 0 Å². The third-order valence-corrected chi connectivity index (χ3v) is 2.52. The molecular formula is C13H28N2O3. The minimum Gasteiger partial charge on any atom is -0.379 e. The van der Waals surface area contributed by atoms with Crippen LogP contribution in [0.3, 0.4) is 0 Å².